The third-order valence-electron chi connectivity index (χ3n) is 2.97. The molecule has 0 amide bonds. The van der Waals surface area contributed by atoms with Crippen molar-refractivity contribution in [3.05, 3.63) is 30.1 Å². The van der Waals surface area contributed by atoms with Crippen molar-refractivity contribution in [2.24, 2.45) is 0 Å². The fraction of sp³-hybridized carbons (Fsp3) is 0.583. The quantitative estimate of drug-likeness (QED) is 0.567. The molecule has 0 atom stereocenters. The molecule has 14 heavy (non-hydrogen) atoms. The lowest BCUT2D eigenvalue weighted by Crippen LogP contribution is -3.00. The molecule has 0 N–H and O–H groups in total. The van der Waals surface area contributed by atoms with Gasteiger partial charge in [0, 0.05) is 24.5 Å². The van der Waals surface area contributed by atoms with E-state index in [0.29, 0.717) is 0 Å². The second-order valence-electron chi connectivity index (χ2n) is 4.12. The Balaban J connectivity index is 0.000000980. The van der Waals surface area contributed by atoms with Crippen LogP contribution in [0.4, 0.5) is 0 Å². The molecule has 0 saturated heterocycles. The van der Waals surface area contributed by atoms with Gasteiger partial charge < -0.3 is 12.4 Å². The highest BCUT2D eigenvalue weighted by atomic mass is 35.5. The summed E-state index contributed by atoms with van der Waals surface area (Å²) < 4.78 is 2.40. The lowest BCUT2D eigenvalue weighted by molar-refractivity contribution is -0.726. The first-order valence-corrected chi connectivity index (χ1v) is 5.34. The number of nitrogens with zero attached hydrogens (tertiary/aromatic N) is 1. The molecule has 0 aromatic carbocycles. The molecule has 1 aliphatic carbocycles. The molecular formula is C12H18ClN. The Morgan fingerprint density at radius 3 is 2.57 bits per heavy atom. The second-order valence-corrected chi connectivity index (χ2v) is 4.12. The van der Waals surface area contributed by atoms with Crippen LogP contribution < -0.4 is 17.0 Å². The topological polar surface area (TPSA) is 3.88 Å². The van der Waals surface area contributed by atoms with Crippen molar-refractivity contribution in [3.8, 4) is 0 Å². The Kier molecular flexibility index (Phi) is 4.40. The van der Waals surface area contributed by atoms with E-state index in [-0.39, 0.29) is 12.4 Å². The number of aryl methyl sites for hydroxylation is 1. The molecule has 0 unspecified atom stereocenters. The summed E-state index contributed by atoms with van der Waals surface area (Å²) >= 11 is 0. The van der Waals surface area contributed by atoms with Crippen molar-refractivity contribution in [2.75, 3.05) is 0 Å². The lowest BCUT2D eigenvalue weighted by Gasteiger charge is -2.17. The summed E-state index contributed by atoms with van der Waals surface area (Å²) in [5.74, 6) is 0. The van der Waals surface area contributed by atoms with E-state index in [1.54, 1.807) is 0 Å². The van der Waals surface area contributed by atoms with E-state index >= 15 is 0 Å². The zero-order valence-corrected chi connectivity index (χ0v) is 9.50. The van der Waals surface area contributed by atoms with E-state index in [2.05, 4.69) is 36.0 Å². The van der Waals surface area contributed by atoms with Crippen molar-refractivity contribution >= 4 is 0 Å². The molecule has 1 fully saturated rings. The second kappa shape index (κ2) is 5.35. The third kappa shape index (κ3) is 2.71. The van der Waals surface area contributed by atoms with E-state index in [1.807, 2.05) is 0 Å². The summed E-state index contributed by atoms with van der Waals surface area (Å²) in [6.45, 7) is 2.17. The van der Waals surface area contributed by atoms with Crippen LogP contribution in [0.2, 0.25) is 0 Å². The molecule has 1 aliphatic rings. The van der Waals surface area contributed by atoms with Gasteiger partial charge >= 0.3 is 0 Å². The van der Waals surface area contributed by atoms with E-state index in [1.165, 1.54) is 37.7 Å². The molecule has 0 bridgehead atoms. The van der Waals surface area contributed by atoms with Crippen molar-refractivity contribution < 1.29 is 17.0 Å². The Morgan fingerprint density at radius 1 is 1.21 bits per heavy atom. The van der Waals surface area contributed by atoms with E-state index < -0.39 is 0 Å². The first-order valence-electron chi connectivity index (χ1n) is 5.34. The fourth-order valence-electron chi connectivity index (χ4n) is 2.22. The zero-order valence-electron chi connectivity index (χ0n) is 8.75. The van der Waals surface area contributed by atoms with Gasteiger partial charge in [0.15, 0.2) is 18.4 Å². The van der Waals surface area contributed by atoms with Crippen LogP contribution in [0.15, 0.2) is 24.5 Å². The maximum absolute atomic E-state index is 2.40. The van der Waals surface area contributed by atoms with Gasteiger partial charge in [0.05, 0.1) is 0 Å². The Morgan fingerprint density at radius 2 is 1.93 bits per heavy atom. The van der Waals surface area contributed by atoms with Crippen molar-refractivity contribution in [3.63, 3.8) is 0 Å². The van der Waals surface area contributed by atoms with E-state index in [4.69, 9.17) is 0 Å². The van der Waals surface area contributed by atoms with Gasteiger partial charge in [-0.2, -0.15) is 0 Å². The highest BCUT2D eigenvalue weighted by molar-refractivity contribution is 5.01. The van der Waals surface area contributed by atoms with Crippen LogP contribution in [0.1, 0.15) is 43.7 Å². The molecule has 0 aliphatic heterocycles. The standard InChI is InChI=1S/C12H18N.ClH/c1-11-6-5-9-13(10-11)12-7-3-2-4-8-12;/h5-6,9-10,12H,2-4,7-8H2,1H3;1H/q+1;/p-1. The highest BCUT2D eigenvalue weighted by Gasteiger charge is 2.20. The Bertz CT molecular complexity index is 279. The van der Waals surface area contributed by atoms with Crippen LogP contribution in [0.5, 0.6) is 0 Å². The largest absolute Gasteiger partial charge is 1.00 e. The first-order chi connectivity index (χ1) is 6.36. The van der Waals surface area contributed by atoms with Crippen molar-refractivity contribution in [1.82, 2.24) is 0 Å². The van der Waals surface area contributed by atoms with Gasteiger partial charge in [0.25, 0.3) is 0 Å². The van der Waals surface area contributed by atoms with Gasteiger partial charge in [-0.1, -0.05) is 6.42 Å². The molecule has 1 nitrogen and oxygen atoms in total. The summed E-state index contributed by atoms with van der Waals surface area (Å²) in [6.07, 6.45) is 11.5. The monoisotopic (exact) mass is 211 g/mol. The summed E-state index contributed by atoms with van der Waals surface area (Å²) in [5.41, 5.74) is 1.37. The van der Waals surface area contributed by atoms with E-state index in [9.17, 15) is 0 Å². The van der Waals surface area contributed by atoms with Crippen molar-refractivity contribution in [2.45, 2.75) is 45.1 Å². The third-order valence-corrected chi connectivity index (χ3v) is 2.97. The number of rotatable bonds is 1. The molecule has 2 rings (SSSR count). The van der Waals surface area contributed by atoms with Gasteiger partial charge in [0.1, 0.15) is 0 Å². The number of pyridine rings is 1. The number of hydrogen-bond donors (Lipinski definition) is 0. The first kappa shape index (κ1) is 11.5. The SMILES string of the molecule is Cc1ccc[n+](C2CCCCC2)c1.[Cl-]. The minimum Gasteiger partial charge on any atom is -1.00 e. The fourth-order valence-corrected chi connectivity index (χ4v) is 2.22. The van der Waals surface area contributed by atoms with Crippen LogP contribution >= 0.6 is 0 Å². The lowest BCUT2D eigenvalue weighted by atomic mass is 9.95. The number of aromatic nitrogens is 1. The summed E-state index contributed by atoms with van der Waals surface area (Å²) in [4.78, 5) is 0. The maximum atomic E-state index is 2.40. The number of hydrogen-bond acceptors (Lipinski definition) is 0. The van der Waals surface area contributed by atoms with Crippen LogP contribution in [-0.4, -0.2) is 0 Å². The van der Waals surface area contributed by atoms with Crippen molar-refractivity contribution in [1.29, 1.82) is 0 Å². The predicted molar refractivity (Wildman–Crippen MR) is 53.5 cm³/mol. The Hall–Kier alpha value is -0.560. The van der Waals surface area contributed by atoms with Gasteiger partial charge in [-0.05, 0) is 25.8 Å². The smallest absolute Gasteiger partial charge is 0.171 e. The van der Waals surface area contributed by atoms with E-state index in [0.717, 1.165) is 6.04 Å². The van der Waals surface area contributed by atoms with Gasteiger partial charge in [0.2, 0.25) is 0 Å². The van der Waals surface area contributed by atoms with Crippen LogP contribution in [0, 0.1) is 6.92 Å². The van der Waals surface area contributed by atoms with Crippen LogP contribution in [0.3, 0.4) is 0 Å². The maximum Gasteiger partial charge on any atom is 0.171 e. The summed E-state index contributed by atoms with van der Waals surface area (Å²) in [6, 6.07) is 5.09. The summed E-state index contributed by atoms with van der Waals surface area (Å²) in [5, 5.41) is 0. The van der Waals surface area contributed by atoms with Gasteiger partial charge in [-0.25, -0.2) is 4.57 Å². The molecule has 2 heteroatoms. The molecule has 1 heterocycles. The predicted octanol–water partition coefficient (Wildman–Crippen LogP) is -0.208. The highest BCUT2D eigenvalue weighted by Crippen LogP contribution is 2.23. The molecule has 0 spiro atoms. The van der Waals surface area contributed by atoms with Crippen LogP contribution in [0.25, 0.3) is 0 Å². The molecule has 78 valence electrons. The normalized spacial score (nSPS) is 17.5. The average Bonchev–Trinajstić information content (AvgIpc) is 2.19. The average molecular weight is 212 g/mol. The Labute approximate surface area is 92.6 Å². The molecule has 1 saturated carbocycles. The minimum atomic E-state index is 0. The van der Waals surface area contributed by atoms with Crippen LogP contribution in [-0.2, 0) is 0 Å². The number of halogens is 1. The van der Waals surface area contributed by atoms with Gasteiger partial charge in [-0.3, -0.25) is 0 Å². The molecular weight excluding hydrogens is 194 g/mol. The molecule has 0 radical (unpaired) electrons. The van der Waals surface area contributed by atoms with Gasteiger partial charge in [-0.15, -0.1) is 0 Å². The minimum absolute atomic E-state index is 0. The molecule has 1 aromatic heterocycles. The zero-order chi connectivity index (χ0) is 9.10. The molecule has 1 aromatic rings. The summed E-state index contributed by atoms with van der Waals surface area (Å²) in [7, 11) is 0.